The van der Waals surface area contributed by atoms with Crippen LogP contribution in [0.1, 0.15) is 0 Å². The average Bonchev–Trinajstić information content (AvgIpc) is 3.82. The van der Waals surface area contributed by atoms with E-state index in [-0.39, 0.29) is 0 Å². The number of fused-ring (bicyclic) bond motifs is 11. The molecule has 12 aromatic rings. The third kappa shape index (κ3) is 4.99. The maximum atomic E-state index is 6.41. The van der Waals surface area contributed by atoms with E-state index in [1.807, 2.05) is 12.1 Å². The molecule has 0 unspecified atom stereocenters. The van der Waals surface area contributed by atoms with Crippen LogP contribution in [0.4, 0.5) is 17.1 Å². The van der Waals surface area contributed by atoms with E-state index < -0.39 is 0 Å². The van der Waals surface area contributed by atoms with Gasteiger partial charge in [-0.25, -0.2) is 0 Å². The highest BCUT2D eigenvalue weighted by atomic mass is 16.3. The minimum Gasteiger partial charge on any atom is -0.456 e. The summed E-state index contributed by atoms with van der Waals surface area (Å²) in [5.74, 6) is 0. The fourth-order valence-electron chi connectivity index (χ4n) is 9.04. The lowest BCUT2D eigenvalue weighted by molar-refractivity contribution is 0.669. The third-order valence-corrected chi connectivity index (χ3v) is 11.7. The molecule has 0 aliphatic heterocycles. The first kappa shape index (κ1) is 31.7. The molecule has 0 bridgehead atoms. The third-order valence-electron chi connectivity index (χ3n) is 11.7. The number of anilines is 3. The zero-order chi connectivity index (χ0) is 37.5. The second-order valence-electron chi connectivity index (χ2n) is 14.9. The standard InChI is InChI=1S/C54H34N2O/c1-2-12-40(13-3-1)56-51-32-39(24-29-46(51)49-30-23-37-11-5-7-15-45(37)54(49)56)35-20-25-41(26-21-35)55(43-28-31-48-47-16-8-9-17-52(47)57-53(48)34-43)42-27-22-38-19-18-36-10-4-6-14-44(36)50(38)33-42/h1-34H. The van der Waals surface area contributed by atoms with Gasteiger partial charge >= 0.3 is 0 Å². The predicted octanol–water partition coefficient (Wildman–Crippen LogP) is 15.3. The number of hydrogen-bond donors (Lipinski definition) is 0. The maximum Gasteiger partial charge on any atom is 0.137 e. The Balaban J connectivity index is 1.02. The molecule has 0 saturated heterocycles. The lowest BCUT2D eigenvalue weighted by Crippen LogP contribution is -2.09. The van der Waals surface area contributed by atoms with Crippen LogP contribution in [0, 0.1) is 0 Å². The number of furan rings is 1. The Morgan fingerprint density at radius 3 is 1.74 bits per heavy atom. The molecule has 0 aliphatic rings. The van der Waals surface area contributed by atoms with Crippen molar-refractivity contribution >= 4 is 93.1 Å². The van der Waals surface area contributed by atoms with Crippen LogP contribution in [0.5, 0.6) is 0 Å². The van der Waals surface area contributed by atoms with Crippen molar-refractivity contribution < 1.29 is 4.42 Å². The van der Waals surface area contributed by atoms with E-state index in [0.717, 1.165) is 50.3 Å². The largest absolute Gasteiger partial charge is 0.456 e. The quantitative estimate of drug-likeness (QED) is 0.165. The molecule has 0 atom stereocenters. The number of nitrogens with zero attached hydrogens (tertiary/aromatic N) is 2. The topological polar surface area (TPSA) is 21.3 Å². The Kier molecular flexibility index (Phi) is 6.93. The summed E-state index contributed by atoms with van der Waals surface area (Å²) < 4.78 is 8.85. The van der Waals surface area contributed by atoms with Crippen LogP contribution in [0.15, 0.2) is 211 Å². The molecule has 266 valence electrons. The Morgan fingerprint density at radius 2 is 0.895 bits per heavy atom. The summed E-state index contributed by atoms with van der Waals surface area (Å²) in [7, 11) is 0. The van der Waals surface area contributed by atoms with Gasteiger partial charge < -0.3 is 13.9 Å². The van der Waals surface area contributed by atoms with E-state index in [2.05, 4.69) is 204 Å². The molecule has 0 amide bonds. The second kappa shape index (κ2) is 12.5. The Bertz CT molecular complexity index is 3520. The van der Waals surface area contributed by atoms with Gasteiger partial charge in [-0.1, -0.05) is 140 Å². The van der Waals surface area contributed by atoms with E-state index in [1.54, 1.807) is 0 Å². The monoisotopic (exact) mass is 726 g/mol. The van der Waals surface area contributed by atoms with Crippen molar-refractivity contribution in [1.82, 2.24) is 4.57 Å². The van der Waals surface area contributed by atoms with Crippen molar-refractivity contribution in [2.75, 3.05) is 4.90 Å². The number of aromatic nitrogens is 1. The molecule has 0 fully saturated rings. The van der Waals surface area contributed by atoms with E-state index in [4.69, 9.17) is 4.42 Å². The molecule has 0 N–H and O–H groups in total. The van der Waals surface area contributed by atoms with E-state index >= 15 is 0 Å². The number of rotatable bonds is 5. The average molecular weight is 727 g/mol. The minimum atomic E-state index is 0.872. The van der Waals surface area contributed by atoms with Crippen LogP contribution in [0.2, 0.25) is 0 Å². The molecule has 0 spiro atoms. The van der Waals surface area contributed by atoms with Crippen LogP contribution in [0.25, 0.3) is 92.9 Å². The fraction of sp³-hybridized carbons (Fsp3) is 0. The van der Waals surface area contributed by atoms with Gasteiger partial charge in [-0.05, 0) is 98.7 Å². The highest BCUT2D eigenvalue weighted by Crippen LogP contribution is 2.42. The van der Waals surface area contributed by atoms with Crippen LogP contribution < -0.4 is 4.90 Å². The van der Waals surface area contributed by atoms with Crippen LogP contribution >= 0.6 is 0 Å². The zero-order valence-electron chi connectivity index (χ0n) is 30.9. The first-order chi connectivity index (χ1) is 28.2. The Hall–Kier alpha value is -7.62. The molecule has 0 saturated carbocycles. The van der Waals surface area contributed by atoms with E-state index in [0.29, 0.717) is 0 Å². The number of hydrogen-bond acceptors (Lipinski definition) is 2. The second-order valence-corrected chi connectivity index (χ2v) is 14.9. The summed E-state index contributed by atoms with van der Waals surface area (Å²) in [6.07, 6.45) is 0. The molecule has 0 aliphatic carbocycles. The van der Waals surface area contributed by atoms with Gasteiger partial charge in [0.15, 0.2) is 0 Å². The molecule has 57 heavy (non-hydrogen) atoms. The molecular weight excluding hydrogens is 693 g/mol. The molecule has 10 aromatic carbocycles. The van der Waals surface area contributed by atoms with Gasteiger partial charge in [-0.3, -0.25) is 0 Å². The summed E-state index contributed by atoms with van der Waals surface area (Å²) in [5, 5.41) is 12.2. The van der Waals surface area contributed by atoms with Crippen molar-refractivity contribution in [2.45, 2.75) is 0 Å². The van der Waals surface area contributed by atoms with Gasteiger partial charge in [0.05, 0.1) is 11.0 Å². The highest BCUT2D eigenvalue weighted by Gasteiger charge is 2.19. The molecular formula is C54H34N2O. The smallest absolute Gasteiger partial charge is 0.137 e. The highest BCUT2D eigenvalue weighted by molar-refractivity contribution is 6.19. The van der Waals surface area contributed by atoms with E-state index in [1.165, 1.54) is 59.7 Å². The van der Waals surface area contributed by atoms with Crippen LogP contribution in [-0.2, 0) is 0 Å². The molecule has 12 rings (SSSR count). The summed E-state index contributed by atoms with van der Waals surface area (Å²) in [6.45, 7) is 0. The fourth-order valence-corrected chi connectivity index (χ4v) is 9.04. The molecule has 0 radical (unpaired) electrons. The lowest BCUT2D eigenvalue weighted by Gasteiger charge is -2.26. The Labute approximate surface area is 328 Å². The van der Waals surface area contributed by atoms with Gasteiger partial charge in [0.25, 0.3) is 0 Å². The van der Waals surface area contributed by atoms with Crippen LogP contribution in [0.3, 0.4) is 0 Å². The summed E-state index contributed by atoms with van der Waals surface area (Å²) in [4.78, 5) is 2.35. The first-order valence-electron chi connectivity index (χ1n) is 19.5. The first-order valence-corrected chi connectivity index (χ1v) is 19.5. The zero-order valence-corrected chi connectivity index (χ0v) is 30.9. The van der Waals surface area contributed by atoms with Crippen LogP contribution in [-0.4, -0.2) is 4.57 Å². The van der Waals surface area contributed by atoms with Crippen molar-refractivity contribution in [3.8, 4) is 16.8 Å². The minimum absolute atomic E-state index is 0.872. The molecule has 2 heterocycles. The van der Waals surface area contributed by atoms with Crippen molar-refractivity contribution in [3.63, 3.8) is 0 Å². The summed E-state index contributed by atoms with van der Waals surface area (Å²) in [5.41, 5.74) is 10.9. The summed E-state index contributed by atoms with van der Waals surface area (Å²) in [6, 6.07) is 74.6. The Morgan fingerprint density at radius 1 is 0.333 bits per heavy atom. The van der Waals surface area contributed by atoms with Crippen molar-refractivity contribution in [3.05, 3.63) is 206 Å². The normalized spacial score (nSPS) is 11.9. The molecule has 3 nitrogen and oxygen atoms in total. The number of para-hydroxylation sites is 2. The van der Waals surface area contributed by atoms with Crippen molar-refractivity contribution in [1.29, 1.82) is 0 Å². The van der Waals surface area contributed by atoms with Gasteiger partial charge in [0.2, 0.25) is 0 Å². The maximum absolute atomic E-state index is 6.41. The predicted molar refractivity (Wildman–Crippen MR) is 241 cm³/mol. The summed E-state index contributed by atoms with van der Waals surface area (Å²) >= 11 is 0. The molecule has 3 heteroatoms. The number of benzene rings is 10. The van der Waals surface area contributed by atoms with Gasteiger partial charge in [-0.15, -0.1) is 0 Å². The van der Waals surface area contributed by atoms with Gasteiger partial charge in [-0.2, -0.15) is 0 Å². The molecule has 2 aromatic heterocycles. The van der Waals surface area contributed by atoms with Gasteiger partial charge in [0.1, 0.15) is 11.2 Å². The SMILES string of the molecule is c1ccc(-n2c3cc(-c4ccc(N(c5ccc6c(c5)oc5ccccc56)c5ccc6ccc7ccccc7c6c5)cc4)ccc3c3ccc4ccccc4c32)cc1. The van der Waals surface area contributed by atoms with Crippen molar-refractivity contribution in [2.24, 2.45) is 0 Å². The van der Waals surface area contributed by atoms with E-state index in [9.17, 15) is 0 Å². The van der Waals surface area contributed by atoms with Gasteiger partial charge in [0, 0.05) is 55.7 Å². The lowest BCUT2D eigenvalue weighted by atomic mass is 10.0.